The second kappa shape index (κ2) is 8.46. The van der Waals surface area contributed by atoms with Crippen molar-refractivity contribution in [2.24, 2.45) is 0 Å². The molecule has 0 amide bonds. The molecule has 8 heteroatoms. The van der Waals surface area contributed by atoms with Crippen LogP contribution in [-0.4, -0.2) is 29.4 Å². The van der Waals surface area contributed by atoms with Crippen LogP contribution in [0, 0.1) is 0 Å². The molecule has 0 atom stereocenters. The zero-order valence-electron chi connectivity index (χ0n) is 15.7. The largest absolute Gasteiger partial charge is 0.497 e. The summed E-state index contributed by atoms with van der Waals surface area (Å²) >= 11 is 7.39. The molecule has 0 fully saturated rings. The molecule has 0 aliphatic carbocycles. The zero-order chi connectivity index (χ0) is 20.2. The maximum atomic E-state index is 5.95. The van der Waals surface area contributed by atoms with E-state index in [1.54, 1.807) is 26.6 Å². The summed E-state index contributed by atoms with van der Waals surface area (Å²) in [5, 5.41) is 14.0. The lowest BCUT2D eigenvalue weighted by Crippen LogP contribution is -1.94. The van der Waals surface area contributed by atoms with Crippen molar-refractivity contribution in [1.82, 2.24) is 15.2 Å². The minimum absolute atomic E-state index is 0.671. The second-order valence-corrected chi connectivity index (χ2v) is 7.45. The van der Waals surface area contributed by atoms with E-state index in [0.717, 1.165) is 27.4 Å². The molecule has 146 valence electrons. The van der Waals surface area contributed by atoms with Crippen LogP contribution in [0.2, 0.25) is 5.02 Å². The minimum atomic E-state index is 0.671. The number of pyridine rings is 1. The van der Waals surface area contributed by atoms with Gasteiger partial charge in [0.05, 0.1) is 14.2 Å². The van der Waals surface area contributed by atoms with Crippen LogP contribution < -0.4 is 14.8 Å². The molecule has 0 aliphatic rings. The summed E-state index contributed by atoms with van der Waals surface area (Å²) in [6.07, 6.45) is 3.49. The Kier molecular flexibility index (Phi) is 5.59. The van der Waals surface area contributed by atoms with Gasteiger partial charge in [-0.1, -0.05) is 22.9 Å². The summed E-state index contributed by atoms with van der Waals surface area (Å²) in [4.78, 5) is 4.11. The van der Waals surface area contributed by atoms with Crippen LogP contribution in [0.1, 0.15) is 0 Å². The molecule has 2 aromatic carbocycles. The van der Waals surface area contributed by atoms with Gasteiger partial charge in [-0.3, -0.25) is 4.98 Å². The monoisotopic (exact) mass is 424 g/mol. The summed E-state index contributed by atoms with van der Waals surface area (Å²) in [6, 6.07) is 15.1. The van der Waals surface area contributed by atoms with Crippen molar-refractivity contribution in [3.63, 3.8) is 0 Å². The van der Waals surface area contributed by atoms with Gasteiger partial charge < -0.3 is 14.8 Å². The molecule has 2 aromatic heterocycles. The summed E-state index contributed by atoms with van der Waals surface area (Å²) in [5.74, 6) is 1.37. The summed E-state index contributed by atoms with van der Waals surface area (Å²) in [6.45, 7) is 0. The van der Waals surface area contributed by atoms with Crippen LogP contribution in [0.4, 0.5) is 10.8 Å². The third-order valence-corrected chi connectivity index (χ3v) is 5.38. The van der Waals surface area contributed by atoms with E-state index < -0.39 is 0 Å². The molecule has 0 spiro atoms. The predicted molar refractivity (Wildman–Crippen MR) is 116 cm³/mol. The van der Waals surface area contributed by atoms with E-state index in [9.17, 15) is 0 Å². The van der Waals surface area contributed by atoms with Crippen molar-refractivity contribution < 1.29 is 9.47 Å². The number of halogens is 1. The van der Waals surface area contributed by atoms with E-state index >= 15 is 0 Å². The first kappa shape index (κ1) is 19.2. The molecule has 1 N–H and O–H groups in total. The maximum absolute atomic E-state index is 5.95. The predicted octanol–water partition coefficient (Wildman–Crippen LogP) is 5.68. The third-order valence-electron chi connectivity index (χ3n) is 4.25. The zero-order valence-corrected chi connectivity index (χ0v) is 17.3. The Labute approximate surface area is 177 Å². The van der Waals surface area contributed by atoms with Gasteiger partial charge in [-0.25, -0.2) is 0 Å². The van der Waals surface area contributed by atoms with Gasteiger partial charge in [-0.05, 0) is 48.0 Å². The van der Waals surface area contributed by atoms with E-state index in [4.69, 9.17) is 21.1 Å². The highest BCUT2D eigenvalue weighted by Crippen LogP contribution is 2.43. The number of rotatable bonds is 6. The van der Waals surface area contributed by atoms with Crippen LogP contribution in [0.3, 0.4) is 0 Å². The number of hydrogen-bond acceptors (Lipinski definition) is 7. The number of methoxy groups -OCH3 is 2. The first-order chi connectivity index (χ1) is 14.2. The third kappa shape index (κ3) is 4.16. The fraction of sp³-hybridized carbons (Fsp3) is 0.0952. The van der Waals surface area contributed by atoms with Crippen molar-refractivity contribution in [2.45, 2.75) is 0 Å². The lowest BCUT2D eigenvalue weighted by atomic mass is 9.99. The van der Waals surface area contributed by atoms with Crippen LogP contribution in [0.25, 0.3) is 21.7 Å². The van der Waals surface area contributed by atoms with Crippen molar-refractivity contribution in [3.05, 3.63) is 65.9 Å². The molecule has 2 heterocycles. The lowest BCUT2D eigenvalue weighted by molar-refractivity contribution is 0.395. The van der Waals surface area contributed by atoms with E-state index in [-0.39, 0.29) is 0 Å². The Balaban J connectivity index is 1.78. The fourth-order valence-electron chi connectivity index (χ4n) is 2.89. The van der Waals surface area contributed by atoms with Gasteiger partial charge >= 0.3 is 0 Å². The molecule has 0 aliphatic heterocycles. The molecule has 4 rings (SSSR count). The van der Waals surface area contributed by atoms with E-state index in [0.29, 0.717) is 21.7 Å². The van der Waals surface area contributed by atoms with Crippen molar-refractivity contribution in [2.75, 3.05) is 19.5 Å². The van der Waals surface area contributed by atoms with Gasteiger partial charge in [0.1, 0.15) is 16.5 Å². The highest BCUT2D eigenvalue weighted by atomic mass is 35.5. The Bertz CT molecular complexity index is 1120. The molecule has 0 unspecified atom stereocenters. The van der Waals surface area contributed by atoms with Gasteiger partial charge in [-0.15, -0.1) is 10.2 Å². The van der Waals surface area contributed by atoms with Gasteiger partial charge in [0.25, 0.3) is 0 Å². The number of benzene rings is 2. The number of nitrogens with one attached hydrogen (secondary N) is 1. The summed E-state index contributed by atoms with van der Waals surface area (Å²) in [5.41, 5.74) is 3.63. The lowest BCUT2D eigenvalue weighted by Gasteiger charge is -2.14. The number of hydrogen-bond donors (Lipinski definition) is 1. The molecular weight excluding hydrogens is 408 g/mol. The molecule has 4 aromatic rings. The van der Waals surface area contributed by atoms with E-state index in [1.165, 1.54) is 11.3 Å². The molecule has 0 radical (unpaired) electrons. The highest BCUT2D eigenvalue weighted by Gasteiger charge is 2.19. The summed E-state index contributed by atoms with van der Waals surface area (Å²) < 4.78 is 11.1. The maximum Gasteiger partial charge on any atom is 0.210 e. The average Bonchev–Trinajstić information content (AvgIpc) is 3.23. The SMILES string of the molecule is COc1cc(OC)c(-c2ccncc2)c(-c2nnc(Nc3ccc(Cl)cc3)s2)c1. The molecular formula is C21H17ClN4O2S. The molecule has 0 saturated heterocycles. The number of ether oxygens (including phenoxy) is 2. The molecule has 0 saturated carbocycles. The highest BCUT2D eigenvalue weighted by molar-refractivity contribution is 7.18. The van der Waals surface area contributed by atoms with Gasteiger partial charge in [-0.2, -0.15) is 0 Å². The van der Waals surface area contributed by atoms with Crippen molar-refractivity contribution >= 4 is 33.8 Å². The van der Waals surface area contributed by atoms with Crippen molar-refractivity contribution in [1.29, 1.82) is 0 Å². The standard InChI is InChI=1S/C21H17ClN4O2S/c1-27-16-11-17(19(18(12-16)28-2)13-7-9-23-10-8-13)20-25-26-21(29-20)24-15-5-3-14(22)4-6-15/h3-12H,1-2H3,(H,24,26). The molecule has 29 heavy (non-hydrogen) atoms. The fourth-order valence-corrected chi connectivity index (χ4v) is 3.81. The number of aromatic nitrogens is 3. The first-order valence-electron chi connectivity index (χ1n) is 8.71. The Morgan fingerprint density at radius 1 is 0.931 bits per heavy atom. The van der Waals surface area contributed by atoms with Gasteiger partial charge in [0, 0.05) is 40.3 Å². The normalized spacial score (nSPS) is 10.6. The Morgan fingerprint density at radius 2 is 1.69 bits per heavy atom. The summed E-state index contributed by atoms with van der Waals surface area (Å²) in [7, 11) is 3.26. The Morgan fingerprint density at radius 3 is 2.38 bits per heavy atom. The minimum Gasteiger partial charge on any atom is -0.497 e. The van der Waals surface area contributed by atoms with Gasteiger partial charge in [0.2, 0.25) is 5.13 Å². The molecule has 0 bridgehead atoms. The van der Waals surface area contributed by atoms with Crippen LogP contribution in [0.5, 0.6) is 11.5 Å². The second-order valence-electron chi connectivity index (χ2n) is 6.03. The van der Waals surface area contributed by atoms with Gasteiger partial charge in [0.15, 0.2) is 0 Å². The van der Waals surface area contributed by atoms with Crippen LogP contribution in [-0.2, 0) is 0 Å². The quantitative estimate of drug-likeness (QED) is 0.429. The van der Waals surface area contributed by atoms with Crippen molar-refractivity contribution in [3.8, 4) is 33.2 Å². The van der Waals surface area contributed by atoms with E-state index in [2.05, 4.69) is 20.5 Å². The Hall–Kier alpha value is -3.16. The topological polar surface area (TPSA) is 69.2 Å². The van der Waals surface area contributed by atoms with Crippen LogP contribution >= 0.6 is 22.9 Å². The smallest absolute Gasteiger partial charge is 0.210 e. The first-order valence-corrected chi connectivity index (χ1v) is 9.90. The van der Waals surface area contributed by atoms with E-state index in [1.807, 2.05) is 48.5 Å². The number of anilines is 2. The number of nitrogens with zero attached hydrogens (tertiary/aromatic N) is 3. The van der Waals surface area contributed by atoms with Crippen LogP contribution in [0.15, 0.2) is 60.9 Å². The average molecular weight is 425 g/mol. The molecule has 6 nitrogen and oxygen atoms in total.